The number of hydrogen-bond donors (Lipinski definition) is 8. The van der Waals surface area contributed by atoms with E-state index in [1.54, 1.807) is 9.80 Å². The molecule has 1 rings (SSSR count). The standard InChI is InChI=1S/C20H38N6O8/c21-17(31)5-25(7-19(33)23-13(9-27)10-28)15-3-1-2-4-16(15)26(6-18(22)32)8-20(34)24-14(11-29)12-30/h13-16,27-30H,1-12H2,(H2,21,31)(H2,22,32)(H,23,33)(H,24,34)/t15-,16-/m1/s1. The van der Waals surface area contributed by atoms with Crippen molar-refractivity contribution in [3.05, 3.63) is 0 Å². The summed E-state index contributed by atoms with van der Waals surface area (Å²) in [4.78, 5) is 51.6. The number of aliphatic hydroxyl groups excluding tert-OH is 4. The Hall–Kier alpha value is -2.36. The number of nitrogens with two attached hydrogens (primary N) is 2. The summed E-state index contributed by atoms with van der Waals surface area (Å²) in [5.41, 5.74) is 10.8. The van der Waals surface area contributed by atoms with Crippen LogP contribution >= 0.6 is 0 Å². The van der Waals surface area contributed by atoms with Gasteiger partial charge in [-0.2, -0.15) is 0 Å². The summed E-state index contributed by atoms with van der Waals surface area (Å²) >= 11 is 0. The normalized spacial score (nSPS) is 18.5. The average Bonchev–Trinajstić information content (AvgIpc) is 2.79. The molecule has 0 radical (unpaired) electrons. The van der Waals surface area contributed by atoms with E-state index in [1.807, 2.05) is 0 Å². The molecule has 0 spiro atoms. The van der Waals surface area contributed by atoms with E-state index in [2.05, 4.69) is 10.6 Å². The van der Waals surface area contributed by atoms with Gasteiger partial charge in [0.25, 0.3) is 0 Å². The molecule has 14 heteroatoms. The van der Waals surface area contributed by atoms with Gasteiger partial charge in [-0.25, -0.2) is 0 Å². The van der Waals surface area contributed by atoms with Gasteiger partial charge in [-0.1, -0.05) is 12.8 Å². The Morgan fingerprint density at radius 1 is 0.676 bits per heavy atom. The Balaban J connectivity index is 3.10. The molecule has 2 atom stereocenters. The average molecular weight is 491 g/mol. The fourth-order valence-corrected chi connectivity index (χ4v) is 4.14. The summed E-state index contributed by atoms with van der Waals surface area (Å²) < 4.78 is 0. The van der Waals surface area contributed by atoms with E-state index in [1.165, 1.54) is 0 Å². The summed E-state index contributed by atoms with van der Waals surface area (Å²) in [6, 6.07) is -2.56. The van der Waals surface area contributed by atoms with Crippen LogP contribution in [0.25, 0.3) is 0 Å². The summed E-state index contributed by atoms with van der Waals surface area (Å²) in [5, 5.41) is 41.7. The minimum Gasteiger partial charge on any atom is -0.394 e. The van der Waals surface area contributed by atoms with Crippen LogP contribution < -0.4 is 22.1 Å². The van der Waals surface area contributed by atoms with Crippen molar-refractivity contribution in [3.63, 3.8) is 0 Å². The fourth-order valence-electron chi connectivity index (χ4n) is 4.14. The minimum atomic E-state index is -0.855. The quantitative estimate of drug-likeness (QED) is 0.102. The maximum Gasteiger partial charge on any atom is 0.234 e. The van der Waals surface area contributed by atoms with E-state index in [0.717, 1.165) is 12.8 Å². The molecule has 34 heavy (non-hydrogen) atoms. The van der Waals surface area contributed by atoms with Crippen LogP contribution in [0.15, 0.2) is 0 Å². The second-order valence-corrected chi connectivity index (χ2v) is 8.42. The highest BCUT2D eigenvalue weighted by Crippen LogP contribution is 2.27. The number of aliphatic hydroxyl groups is 4. The first-order valence-corrected chi connectivity index (χ1v) is 11.2. The number of amides is 4. The zero-order valence-corrected chi connectivity index (χ0v) is 19.3. The highest BCUT2D eigenvalue weighted by Gasteiger charge is 2.37. The molecule has 10 N–H and O–H groups in total. The zero-order chi connectivity index (χ0) is 25.7. The molecule has 0 saturated heterocycles. The molecule has 0 heterocycles. The van der Waals surface area contributed by atoms with Crippen LogP contribution in [0.2, 0.25) is 0 Å². The van der Waals surface area contributed by atoms with Gasteiger partial charge in [0.05, 0.1) is 64.7 Å². The van der Waals surface area contributed by atoms with Crippen LogP contribution in [0, 0.1) is 0 Å². The highest BCUT2D eigenvalue weighted by molar-refractivity contribution is 5.81. The molecule has 14 nitrogen and oxygen atoms in total. The molecule has 0 aromatic carbocycles. The monoisotopic (exact) mass is 490 g/mol. The first-order valence-electron chi connectivity index (χ1n) is 11.2. The molecule has 0 aromatic heterocycles. The molecule has 0 aromatic rings. The van der Waals surface area contributed by atoms with E-state index in [-0.39, 0.29) is 26.2 Å². The lowest BCUT2D eigenvalue weighted by Crippen LogP contribution is -2.60. The third-order valence-corrected chi connectivity index (χ3v) is 5.65. The van der Waals surface area contributed by atoms with Crippen molar-refractivity contribution in [2.45, 2.75) is 49.9 Å². The van der Waals surface area contributed by atoms with E-state index >= 15 is 0 Å². The maximum atomic E-state index is 12.5. The summed E-state index contributed by atoms with van der Waals surface area (Å²) in [6.07, 6.45) is 2.67. The van der Waals surface area contributed by atoms with Gasteiger partial charge in [0.2, 0.25) is 23.6 Å². The van der Waals surface area contributed by atoms with Crippen molar-refractivity contribution >= 4 is 23.6 Å². The molecular formula is C20H38N6O8. The van der Waals surface area contributed by atoms with E-state index < -0.39 is 74.2 Å². The van der Waals surface area contributed by atoms with Crippen molar-refractivity contribution in [1.82, 2.24) is 20.4 Å². The predicted molar refractivity (Wildman–Crippen MR) is 120 cm³/mol. The second kappa shape index (κ2) is 15.5. The predicted octanol–water partition coefficient (Wildman–Crippen LogP) is -5.19. The number of nitrogens with one attached hydrogen (secondary N) is 2. The summed E-state index contributed by atoms with van der Waals surface area (Å²) in [5.74, 6) is -2.42. The van der Waals surface area contributed by atoms with E-state index in [9.17, 15) is 39.6 Å². The molecule has 0 unspecified atom stereocenters. The lowest BCUT2D eigenvalue weighted by molar-refractivity contribution is -0.131. The van der Waals surface area contributed by atoms with Crippen LogP contribution in [0.5, 0.6) is 0 Å². The van der Waals surface area contributed by atoms with Crippen LogP contribution in [0.3, 0.4) is 0 Å². The Morgan fingerprint density at radius 2 is 1.00 bits per heavy atom. The van der Waals surface area contributed by atoms with Gasteiger partial charge < -0.3 is 42.5 Å². The van der Waals surface area contributed by atoms with E-state index in [4.69, 9.17) is 11.5 Å². The lowest BCUT2D eigenvalue weighted by atomic mass is 9.87. The molecular weight excluding hydrogens is 452 g/mol. The van der Waals surface area contributed by atoms with Gasteiger partial charge in [-0.05, 0) is 12.8 Å². The fraction of sp³-hybridized carbons (Fsp3) is 0.800. The smallest absolute Gasteiger partial charge is 0.234 e. The van der Waals surface area contributed by atoms with Crippen LogP contribution in [-0.4, -0.2) is 131 Å². The van der Waals surface area contributed by atoms with Crippen LogP contribution in [-0.2, 0) is 19.2 Å². The molecule has 1 saturated carbocycles. The van der Waals surface area contributed by atoms with Crippen LogP contribution in [0.1, 0.15) is 25.7 Å². The number of rotatable bonds is 16. The second-order valence-electron chi connectivity index (χ2n) is 8.42. The van der Waals surface area contributed by atoms with Crippen molar-refractivity contribution in [2.24, 2.45) is 11.5 Å². The van der Waals surface area contributed by atoms with Gasteiger partial charge in [0.15, 0.2) is 0 Å². The number of carbonyl (C=O) groups excluding carboxylic acids is 4. The largest absolute Gasteiger partial charge is 0.394 e. The van der Waals surface area contributed by atoms with Crippen molar-refractivity contribution < 1.29 is 39.6 Å². The lowest BCUT2D eigenvalue weighted by Gasteiger charge is -2.44. The number of carbonyl (C=O) groups is 4. The Labute approximate surface area is 198 Å². The van der Waals surface area contributed by atoms with Crippen LogP contribution in [0.4, 0.5) is 0 Å². The van der Waals surface area contributed by atoms with Gasteiger partial charge in [0.1, 0.15) is 0 Å². The van der Waals surface area contributed by atoms with E-state index in [0.29, 0.717) is 12.8 Å². The third kappa shape index (κ3) is 10.3. The Morgan fingerprint density at radius 3 is 1.26 bits per heavy atom. The molecule has 0 aliphatic heterocycles. The van der Waals surface area contributed by atoms with Gasteiger partial charge >= 0.3 is 0 Å². The molecule has 196 valence electrons. The molecule has 1 aliphatic carbocycles. The van der Waals surface area contributed by atoms with Gasteiger partial charge in [-0.15, -0.1) is 0 Å². The highest BCUT2D eigenvalue weighted by atomic mass is 16.3. The molecule has 1 aliphatic rings. The Kier molecular flexibility index (Phi) is 13.5. The summed E-state index contributed by atoms with van der Waals surface area (Å²) in [6.45, 7) is -2.88. The summed E-state index contributed by atoms with van der Waals surface area (Å²) in [7, 11) is 0. The minimum absolute atomic E-state index is 0.256. The maximum absolute atomic E-state index is 12.5. The SMILES string of the molecule is NC(=O)CN(CC(=O)NC(CO)CO)[C@@H]1CCCC[C@H]1N(CC(N)=O)CC(=O)NC(CO)CO. The van der Waals surface area contributed by atoms with Crippen molar-refractivity contribution in [3.8, 4) is 0 Å². The first kappa shape index (κ1) is 29.7. The van der Waals surface area contributed by atoms with Gasteiger partial charge in [-0.3, -0.25) is 29.0 Å². The Bertz CT molecular complexity index is 617. The molecule has 0 bridgehead atoms. The number of primary amides is 2. The first-order chi connectivity index (χ1) is 16.1. The van der Waals surface area contributed by atoms with Crippen molar-refractivity contribution in [2.75, 3.05) is 52.6 Å². The number of nitrogens with zero attached hydrogens (tertiary/aromatic N) is 2. The topological polar surface area (TPSA) is 232 Å². The number of hydrogen-bond acceptors (Lipinski definition) is 10. The zero-order valence-electron chi connectivity index (χ0n) is 19.3. The molecule has 4 amide bonds. The van der Waals surface area contributed by atoms with Crippen molar-refractivity contribution in [1.29, 1.82) is 0 Å². The third-order valence-electron chi connectivity index (χ3n) is 5.65. The molecule has 1 fully saturated rings. The van der Waals surface area contributed by atoms with Gasteiger partial charge in [0, 0.05) is 12.1 Å².